The number of anilines is 2. The van der Waals surface area contributed by atoms with Gasteiger partial charge in [-0.25, -0.2) is 0 Å². The van der Waals surface area contributed by atoms with Crippen molar-refractivity contribution in [1.29, 1.82) is 0 Å². The van der Waals surface area contributed by atoms with Crippen molar-refractivity contribution >= 4 is 34.6 Å². The Morgan fingerprint density at radius 2 is 1.76 bits per heavy atom. The number of ether oxygens (including phenoxy) is 1. The van der Waals surface area contributed by atoms with E-state index in [1.807, 2.05) is 12.1 Å². The van der Waals surface area contributed by atoms with E-state index in [1.54, 1.807) is 29.2 Å². The maximum atomic E-state index is 12.4. The number of benzene rings is 2. The molecule has 0 saturated carbocycles. The number of hydrogen-bond acceptors (Lipinski definition) is 4. The smallest absolute Gasteiger partial charge is 0.257 e. The molecule has 1 heterocycles. The van der Waals surface area contributed by atoms with E-state index >= 15 is 0 Å². The summed E-state index contributed by atoms with van der Waals surface area (Å²) in [7, 11) is 2.23. The van der Waals surface area contributed by atoms with Crippen LogP contribution < -0.4 is 25.2 Å². The number of hydrogen-bond donors (Lipinski definition) is 3. The minimum atomic E-state index is -0.249. The number of quaternary nitrogens is 1. The lowest BCUT2D eigenvalue weighted by atomic mass is 10.2. The van der Waals surface area contributed by atoms with E-state index < -0.39 is 0 Å². The van der Waals surface area contributed by atoms with Gasteiger partial charge in [0.1, 0.15) is 5.75 Å². The number of likely N-dealkylation sites (N-methyl/N-ethyl adjacent to an activating group) is 1. The van der Waals surface area contributed by atoms with Crippen LogP contribution in [0, 0.1) is 0 Å². The minimum absolute atomic E-state index is 0.249. The van der Waals surface area contributed by atoms with Crippen LogP contribution in [0.3, 0.4) is 0 Å². The first-order valence-electron chi connectivity index (χ1n) is 10.1. The molecule has 0 atom stereocenters. The second kappa shape index (κ2) is 10.2. The van der Waals surface area contributed by atoms with Crippen molar-refractivity contribution in [3.8, 4) is 5.75 Å². The second-order valence-corrected chi connectivity index (χ2v) is 7.68. The summed E-state index contributed by atoms with van der Waals surface area (Å²) in [6.07, 6.45) is 0.944. The van der Waals surface area contributed by atoms with Gasteiger partial charge in [0.15, 0.2) is 5.11 Å². The largest absolute Gasteiger partial charge is 0.494 e. The van der Waals surface area contributed by atoms with Crippen LogP contribution in [0.15, 0.2) is 48.5 Å². The topological polar surface area (TPSA) is 58.0 Å². The average Bonchev–Trinajstić information content (AvgIpc) is 2.73. The molecule has 1 aliphatic rings. The Balaban J connectivity index is 1.50. The third kappa shape index (κ3) is 6.17. The fourth-order valence-corrected chi connectivity index (χ4v) is 3.37. The highest BCUT2D eigenvalue weighted by Crippen LogP contribution is 2.18. The Hall–Kier alpha value is -2.64. The number of nitrogens with one attached hydrogen (secondary N) is 3. The van der Waals surface area contributed by atoms with Crippen molar-refractivity contribution < 1.29 is 14.4 Å². The zero-order valence-electron chi connectivity index (χ0n) is 17.0. The molecule has 0 radical (unpaired) electrons. The molecule has 29 heavy (non-hydrogen) atoms. The Labute approximate surface area is 177 Å². The van der Waals surface area contributed by atoms with Gasteiger partial charge < -0.3 is 19.9 Å². The molecule has 1 fully saturated rings. The number of carbonyl (C=O) groups is 1. The second-order valence-electron chi connectivity index (χ2n) is 7.27. The highest BCUT2D eigenvalue weighted by molar-refractivity contribution is 7.80. The van der Waals surface area contributed by atoms with Crippen LogP contribution >= 0.6 is 12.2 Å². The summed E-state index contributed by atoms with van der Waals surface area (Å²) >= 11 is 5.29. The molecule has 2 aromatic carbocycles. The van der Waals surface area contributed by atoms with Gasteiger partial charge in [0.05, 0.1) is 39.8 Å². The van der Waals surface area contributed by atoms with E-state index in [0.29, 0.717) is 12.2 Å². The highest BCUT2D eigenvalue weighted by Gasteiger charge is 2.16. The van der Waals surface area contributed by atoms with Crippen LogP contribution in [0.1, 0.15) is 23.7 Å². The maximum Gasteiger partial charge on any atom is 0.257 e. The molecule has 0 bridgehead atoms. The van der Waals surface area contributed by atoms with Gasteiger partial charge in [0.25, 0.3) is 5.91 Å². The summed E-state index contributed by atoms with van der Waals surface area (Å²) in [5.74, 6) is 0.507. The molecule has 3 N–H and O–H groups in total. The third-order valence-corrected chi connectivity index (χ3v) is 5.13. The molecule has 6 nitrogen and oxygen atoms in total. The van der Waals surface area contributed by atoms with Gasteiger partial charge >= 0.3 is 0 Å². The molecule has 1 aliphatic heterocycles. The van der Waals surface area contributed by atoms with E-state index in [2.05, 4.69) is 41.6 Å². The molecule has 0 aliphatic carbocycles. The van der Waals surface area contributed by atoms with Gasteiger partial charge in [-0.1, -0.05) is 6.92 Å². The van der Waals surface area contributed by atoms with Gasteiger partial charge in [0, 0.05) is 16.9 Å². The lowest BCUT2D eigenvalue weighted by molar-refractivity contribution is -0.880. The Morgan fingerprint density at radius 3 is 2.38 bits per heavy atom. The van der Waals surface area contributed by atoms with Gasteiger partial charge in [-0.15, -0.1) is 0 Å². The minimum Gasteiger partial charge on any atom is -0.494 e. The lowest BCUT2D eigenvalue weighted by Crippen LogP contribution is -3.12. The Morgan fingerprint density at radius 1 is 1.10 bits per heavy atom. The standard InChI is InChI=1S/C22H28N4O2S/c1-3-16-28-20-10-4-17(5-11-20)21(27)24-22(29)23-18-6-8-19(9-7-18)26-14-12-25(2)13-15-26/h4-11H,3,12-16H2,1-2H3,(H2,23,24,27,29)/p+1. The van der Waals surface area contributed by atoms with E-state index in [9.17, 15) is 4.79 Å². The van der Waals surface area contributed by atoms with Gasteiger partial charge in [0.2, 0.25) is 0 Å². The monoisotopic (exact) mass is 413 g/mol. The summed E-state index contributed by atoms with van der Waals surface area (Å²) < 4.78 is 5.53. The Kier molecular flexibility index (Phi) is 7.43. The first-order chi connectivity index (χ1) is 14.0. The summed E-state index contributed by atoms with van der Waals surface area (Å²) in [5.41, 5.74) is 2.59. The van der Waals surface area contributed by atoms with Crippen LogP contribution in [-0.4, -0.2) is 50.9 Å². The Bertz CT molecular complexity index is 816. The van der Waals surface area contributed by atoms with E-state index in [1.165, 1.54) is 5.69 Å². The molecule has 1 amide bonds. The summed E-state index contributed by atoms with van der Waals surface area (Å²) in [6.45, 7) is 7.15. The SMILES string of the molecule is CCCOc1ccc(C(=O)NC(=S)Nc2ccc(N3CC[NH+](C)CC3)cc2)cc1. The summed E-state index contributed by atoms with van der Waals surface area (Å²) in [4.78, 5) is 16.3. The van der Waals surface area contributed by atoms with Gasteiger partial charge in [-0.3, -0.25) is 10.1 Å². The van der Waals surface area contributed by atoms with Crippen molar-refractivity contribution in [3.63, 3.8) is 0 Å². The van der Waals surface area contributed by atoms with Crippen LogP contribution in [-0.2, 0) is 0 Å². The van der Waals surface area contributed by atoms with Crippen LogP contribution in [0.4, 0.5) is 11.4 Å². The molecule has 1 saturated heterocycles. The fourth-order valence-electron chi connectivity index (χ4n) is 3.16. The first-order valence-corrected chi connectivity index (χ1v) is 10.5. The highest BCUT2D eigenvalue weighted by atomic mass is 32.1. The lowest BCUT2D eigenvalue weighted by Gasteiger charge is -2.31. The number of rotatable bonds is 6. The van der Waals surface area contributed by atoms with Crippen LogP contribution in [0.5, 0.6) is 5.75 Å². The summed E-state index contributed by atoms with van der Waals surface area (Å²) in [5, 5.41) is 6.06. The number of thiocarbonyl (C=S) groups is 1. The van der Waals surface area contributed by atoms with E-state index in [4.69, 9.17) is 17.0 Å². The molecule has 0 spiro atoms. The van der Waals surface area contributed by atoms with Crippen molar-refractivity contribution in [2.45, 2.75) is 13.3 Å². The number of piperazine rings is 1. The normalized spacial score (nSPS) is 14.3. The van der Waals surface area contributed by atoms with Gasteiger partial charge in [-0.05, 0) is 67.2 Å². The number of amides is 1. The maximum absolute atomic E-state index is 12.4. The molecule has 3 rings (SSSR count). The average molecular weight is 414 g/mol. The van der Waals surface area contributed by atoms with Crippen molar-refractivity contribution in [2.75, 3.05) is 50.1 Å². The molecule has 0 aromatic heterocycles. The number of nitrogens with zero attached hydrogens (tertiary/aromatic N) is 1. The van der Waals surface area contributed by atoms with Crippen LogP contribution in [0.25, 0.3) is 0 Å². The number of carbonyl (C=O) groups excluding carboxylic acids is 1. The van der Waals surface area contributed by atoms with E-state index in [-0.39, 0.29) is 11.0 Å². The van der Waals surface area contributed by atoms with Crippen molar-refractivity contribution in [2.24, 2.45) is 0 Å². The molecule has 2 aromatic rings. The van der Waals surface area contributed by atoms with E-state index in [0.717, 1.165) is 44.0 Å². The third-order valence-electron chi connectivity index (χ3n) is 4.92. The molecular formula is C22H29N4O2S+. The molecule has 7 heteroatoms. The molecule has 0 unspecified atom stereocenters. The fraction of sp³-hybridized carbons (Fsp3) is 0.364. The quantitative estimate of drug-likeness (QED) is 0.632. The first kappa shape index (κ1) is 21.1. The predicted octanol–water partition coefficient (Wildman–Crippen LogP) is 1.94. The zero-order valence-corrected chi connectivity index (χ0v) is 17.8. The van der Waals surface area contributed by atoms with Crippen LogP contribution in [0.2, 0.25) is 0 Å². The predicted molar refractivity (Wildman–Crippen MR) is 121 cm³/mol. The van der Waals surface area contributed by atoms with Crippen molar-refractivity contribution in [1.82, 2.24) is 5.32 Å². The zero-order chi connectivity index (χ0) is 20.6. The molecule has 154 valence electrons. The van der Waals surface area contributed by atoms with Gasteiger partial charge in [-0.2, -0.15) is 0 Å². The molecular weight excluding hydrogens is 384 g/mol. The summed E-state index contributed by atoms with van der Waals surface area (Å²) in [6, 6.07) is 15.2. The van der Waals surface area contributed by atoms with Crippen molar-refractivity contribution in [3.05, 3.63) is 54.1 Å².